The predicted molar refractivity (Wildman–Crippen MR) is 77.0 cm³/mol. The monoisotopic (exact) mass is 305 g/mol. The molecule has 0 bridgehead atoms. The van der Waals surface area contributed by atoms with Crippen molar-refractivity contribution in [1.82, 2.24) is 4.98 Å². The first kappa shape index (κ1) is 12.0. The average Bonchev–Trinajstić information content (AvgIpc) is 2.94. The summed E-state index contributed by atoms with van der Waals surface area (Å²) in [5.41, 5.74) is 2.95. The van der Waals surface area contributed by atoms with Crippen molar-refractivity contribution in [2.75, 3.05) is 0 Å². The molecule has 1 aromatic heterocycles. The summed E-state index contributed by atoms with van der Waals surface area (Å²) in [7, 11) is 0. The van der Waals surface area contributed by atoms with Crippen molar-refractivity contribution in [3.05, 3.63) is 33.9 Å². The fraction of sp³-hybridized carbons (Fsp3) is 0.400. The lowest BCUT2D eigenvalue weighted by Crippen LogP contribution is -2.11. The quantitative estimate of drug-likeness (QED) is 0.807. The van der Waals surface area contributed by atoms with E-state index in [1.54, 1.807) is 0 Å². The number of aromatic amines is 1. The second-order valence-electron chi connectivity index (χ2n) is 5.16. The zero-order valence-electron chi connectivity index (χ0n) is 10.4. The lowest BCUT2D eigenvalue weighted by atomic mass is 9.94. The molecule has 1 fully saturated rings. The first-order valence-corrected chi connectivity index (χ1v) is 7.28. The molecular weight excluding hydrogens is 290 g/mol. The van der Waals surface area contributed by atoms with E-state index >= 15 is 0 Å². The van der Waals surface area contributed by atoms with Crippen LogP contribution in [-0.4, -0.2) is 10.8 Å². The Labute approximate surface area is 115 Å². The molecular formula is C15H16BrNO. The summed E-state index contributed by atoms with van der Waals surface area (Å²) in [6.07, 6.45) is 4.50. The third-order valence-electron chi connectivity index (χ3n) is 3.92. The number of rotatable bonds is 2. The molecule has 0 spiro atoms. The largest absolute Gasteiger partial charge is 0.358 e. The Morgan fingerprint density at radius 2 is 2.06 bits per heavy atom. The standard InChI is InChI=1S/C15H16BrNO/c1-9-14(15(18)10-4-2-3-5-10)12-8-11(16)6-7-13(12)17-9/h6-8,10,17H,2-5H2,1H3. The minimum absolute atomic E-state index is 0.238. The highest BCUT2D eigenvalue weighted by atomic mass is 79.9. The Hall–Kier alpha value is -1.09. The van der Waals surface area contributed by atoms with Crippen LogP contribution in [0.25, 0.3) is 10.9 Å². The number of H-pyrrole nitrogens is 1. The number of carbonyl (C=O) groups is 1. The van der Waals surface area contributed by atoms with Gasteiger partial charge in [-0.1, -0.05) is 28.8 Å². The lowest BCUT2D eigenvalue weighted by molar-refractivity contribution is 0.0924. The van der Waals surface area contributed by atoms with Crippen molar-refractivity contribution < 1.29 is 4.79 Å². The summed E-state index contributed by atoms with van der Waals surface area (Å²) in [4.78, 5) is 15.9. The molecule has 1 N–H and O–H groups in total. The van der Waals surface area contributed by atoms with Crippen LogP contribution >= 0.6 is 15.9 Å². The summed E-state index contributed by atoms with van der Waals surface area (Å²) < 4.78 is 1.02. The molecule has 2 nitrogen and oxygen atoms in total. The second kappa shape index (κ2) is 4.54. The smallest absolute Gasteiger partial charge is 0.168 e. The minimum atomic E-state index is 0.238. The lowest BCUT2D eigenvalue weighted by Gasteiger charge is -2.08. The van der Waals surface area contributed by atoms with E-state index in [0.29, 0.717) is 5.78 Å². The van der Waals surface area contributed by atoms with E-state index < -0.39 is 0 Å². The normalized spacial score (nSPS) is 16.6. The van der Waals surface area contributed by atoms with Crippen LogP contribution in [0.5, 0.6) is 0 Å². The summed E-state index contributed by atoms with van der Waals surface area (Å²) in [6, 6.07) is 6.07. The molecule has 0 saturated heterocycles. The average molecular weight is 306 g/mol. The molecule has 1 saturated carbocycles. The van der Waals surface area contributed by atoms with Crippen molar-refractivity contribution in [3.63, 3.8) is 0 Å². The van der Waals surface area contributed by atoms with Crippen LogP contribution in [0.3, 0.4) is 0 Å². The first-order valence-electron chi connectivity index (χ1n) is 6.49. The molecule has 0 amide bonds. The molecule has 0 atom stereocenters. The van der Waals surface area contributed by atoms with Gasteiger partial charge in [0.2, 0.25) is 0 Å². The van der Waals surface area contributed by atoms with E-state index in [4.69, 9.17) is 0 Å². The number of aromatic nitrogens is 1. The van der Waals surface area contributed by atoms with Crippen molar-refractivity contribution in [1.29, 1.82) is 0 Å². The van der Waals surface area contributed by atoms with Crippen LogP contribution in [0.2, 0.25) is 0 Å². The van der Waals surface area contributed by atoms with Gasteiger partial charge in [0.15, 0.2) is 5.78 Å². The molecule has 0 unspecified atom stereocenters. The van der Waals surface area contributed by atoms with Gasteiger partial charge >= 0.3 is 0 Å². The van der Waals surface area contributed by atoms with Gasteiger partial charge < -0.3 is 4.98 Å². The number of carbonyl (C=O) groups excluding carboxylic acids is 1. The zero-order valence-corrected chi connectivity index (χ0v) is 12.0. The number of ketones is 1. The van der Waals surface area contributed by atoms with Gasteiger partial charge in [-0.2, -0.15) is 0 Å². The maximum absolute atomic E-state index is 12.6. The van der Waals surface area contributed by atoms with E-state index in [2.05, 4.69) is 20.9 Å². The molecule has 0 aliphatic heterocycles. The van der Waals surface area contributed by atoms with Crippen molar-refractivity contribution in [3.8, 4) is 0 Å². The number of Topliss-reactive ketones (excluding diaryl/α,β-unsaturated/α-hetero) is 1. The molecule has 1 heterocycles. The Morgan fingerprint density at radius 1 is 1.33 bits per heavy atom. The van der Waals surface area contributed by atoms with Gasteiger partial charge in [0.25, 0.3) is 0 Å². The Morgan fingerprint density at radius 3 is 2.78 bits per heavy atom. The molecule has 18 heavy (non-hydrogen) atoms. The summed E-state index contributed by atoms with van der Waals surface area (Å²) in [6.45, 7) is 2.00. The summed E-state index contributed by atoms with van der Waals surface area (Å²) in [5, 5.41) is 1.05. The highest BCUT2D eigenvalue weighted by Gasteiger charge is 2.27. The highest BCUT2D eigenvalue weighted by molar-refractivity contribution is 9.10. The van der Waals surface area contributed by atoms with Gasteiger partial charge in [-0.3, -0.25) is 4.79 Å². The molecule has 2 aromatic rings. The molecule has 1 aliphatic rings. The van der Waals surface area contributed by atoms with Gasteiger partial charge in [-0.15, -0.1) is 0 Å². The van der Waals surface area contributed by atoms with Gasteiger partial charge in [-0.25, -0.2) is 0 Å². The van der Waals surface area contributed by atoms with Crippen molar-refractivity contribution >= 4 is 32.6 Å². The van der Waals surface area contributed by atoms with Crippen LogP contribution in [0, 0.1) is 12.8 Å². The maximum Gasteiger partial charge on any atom is 0.168 e. The van der Waals surface area contributed by atoms with E-state index in [9.17, 15) is 4.79 Å². The fourth-order valence-electron chi connectivity index (χ4n) is 3.01. The Balaban J connectivity index is 2.12. The maximum atomic E-state index is 12.6. The molecule has 3 rings (SSSR count). The zero-order chi connectivity index (χ0) is 12.7. The van der Waals surface area contributed by atoms with Gasteiger partial charge in [0, 0.05) is 32.6 Å². The Kier molecular flexibility index (Phi) is 3.02. The fourth-order valence-corrected chi connectivity index (χ4v) is 3.37. The number of benzene rings is 1. The third kappa shape index (κ3) is 1.91. The van der Waals surface area contributed by atoms with Gasteiger partial charge in [-0.05, 0) is 38.0 Å². The second-order valence-corrected chi connectivity index (χ2v) is 6.08. The molecule has 1 aromatic carbocycles. The molecule has 3 heteroatoms. The van der Waals surface area contributed by atoms with Gasteiger partial charge in [0.05, 0.1) is 0 Å². The number of hydrogen-bond acceptors (Lipinski definition) is 1. The SMILES string of the molecule is Cc1[nH]c2ccc(Br)cc2c1C(=O)C1CCCC1. The molecule has 94 valence electrons. The summed E-state index contributed by atoms with van der Waals surface area (Å²) in [5.74, 6) is 0.566. The Bertz CT molecular complexity index is 608. The number of fused-ring (bicyclic) bond motifs is 1. The van der Waals surface area contributed by atoms with Gasteiger partial charge in [0.1, 0.15) is 0 Å². The predicted octanol–water partition coefficient (Wildman–Crippen LogP) is 4.61. The van der Waals surface area contributed by atoms with E-state index in [1.165, 1.54) is 12.8 Å². The van der Waals surface area contributed by atoms with Crippen molar-refractivity contribution in [2.24, 2.45) is 5.92 Å². The first-order chi connectivity index (χ1) is 8.66. The highest BCUT2D eigenvalue weighted by Crippen LogP contribution is 2.33. The number of nitrogens with one attached hydrogen (secondary N) is 1. The van der Waals surface area contributed by atoms with E-state index in [1.807, 2.05) is 25.1 Å². The topological polar surface area (TPSA) is 32.9 Å². The number of aryl methyl sites for hydroxylation is 1. The van der Waals surface area contributed by atoms with E-state index in [0.717, 1.165) is 39.5 Å². The number of hydrogen-bond donors (Lipinski definition) is 1. The summed E-state index contributed by atoms with van der Waals surface area (Å²) >= 11 is 3.48. The number of halogens is 1. The van der Waals surface area contributed by atoms with Crippen LogP contribution < -0.4 is 0 Å². The third-order valence-corrected chi connectivity index (χ3v) is 4.41. The van der Waals surface area contributed by atoms with Crippen LogP contribution in [0.4, 0.5) is 0 Å². The van der Waals surface area contributed by atoms with Crippen LogP contribution in [0.15, 0.2) is 22.7 Å². The minimum Gasteiger partial charge on any atom is -0.358 e. The van der Waals surface area contributed by atoms with Crippen LogP contribution in [-0.2, 0) is 0 Å². The molecule has 1 aliphatic carbocycles. The van der Waals surface area contributed by atoms with E-state index in [-0.39, 0.29) is 5.92 Å². The van der Waals surface area contributed by atoms with Crippen LogP contribution in [0.1, 0.15) is 41.7 Å². The molecule has 0 radical (unpaired) electrons. The van der Waals surface area contributed by atoms with Crippen molar-refractivity contribution in [2.45, 2.75) is 32.6 Å².